The number of nitrogens with one attached hydrogen (secondary N) is 1. The Bertz CT molecular complexity index is 1470. The number of hydrogen-bond acceptors (Lipinski definition) is 7. The average Bonchev–Trinajstić information content (AvgIpc) is 3.38. The van der Waals surface area contributed by atoms with Gasteiger partial charge in [-0.1, -0.05) is 41.0 Å². The van der Waals surface area contributed by atoms with Crippen LogP contribution < -0.4 is 9.46 Å². The molecule has 0 radical (unpaired) electrons. The number of rotatable bonds is 6. The number of pyridine rings is 1. The van der Waals surface area contributed by atoms with Gasteiger partial charge in [0.1, 0.15) is 17.7 Å². The maximum atomic E-state index is 15.1. The number of carbonyl (C=O) groups is 1. The molecule has 5 rings (SSSR count). The van der Waals surface area contributed by atoms with Crippen LogP contribution in [0.25, 0.3) is 0 Å². The second-order valence-electron chi connectivity index (χ2n) is 8.28. The summed E-state index contributed by atoms with van der Waals surface area (Å²) >= 11 is 13.8. The third kappa shape index (κ3) is 4.99. The molecule has 3 aromatic rings. The minimum atomic E-state index is -3.53. The number of halogens is 3. The second-order valence-corrected chi connectivity index (χ2v) is 11.9. The SMILES string of the molecule is CS(=O)(=O)Nc1ccc(OCC(=O)N2CCc3nc4n(c3C2c2ccc(Cl)cc2F)CCS4)c(Cl)n1. The van der Waals surface area contributed by atoms with E-state index in [-0.39, 0.29) is 34.3 Å². The molecule has 2 aliphatic heterocycles. The first kappa shape index (κ1) is 25.1. The van der Waals surface area contributed by atoms with E-state index in [0.29, 0.717) is 18.5 Å². The van der Waals surface area contributed by atoms with Gasteiger partial charge in [-0.15, -0.1) is 0 Å². The van der Waals surface area contributed by atoms with Crippen LogP contribution in [0.15, 0.2) is 35.5 Å². The van der Waals surface area contributed by atoms with Crippen molar-refractivity contribution in [3.8, 4) is 5.75 Å². The molecule has 0 saturated heterocycles. The molecule has 1 amide bonds. The molecule has 0 spiro atoms. The van der Waals surface area contributed by atoms with Crippen LogP contribution in [-0.2, 0) is 27.8 Å². The van der Waals surface area contributed by atoms with Gasteiger partial charge in [-0.3, -0.25) is 9.52 Å². The maximum Gasteiger partial charge on any atom is 0.261 e. The van der Waals surface area contributed by atoms with Crippen LogP contribution in [0.2, 0.25) is 10.2 Å². The van der Waals surface area contributed by atoms with Crippen molar-refractivity contribution in [3.05, 3.63) is 63.3 Å². The van der Waals surface area contributed by atoms with Crippen molar-refractivity contribution in [3.63, 3.8) is 0 Å². The highest BCUT2D eigenvalue weighted by Crippen LogP contribution is 2.41. The van der Waals surface area contributed by atoms with Gasteiger partial charge in [0.15, 0.2) is 22.7 Å². The van der Waals surface area contributed by atoms with Gasteiger partial charge in [-0.2, -0.15) is 0 Å². The molecule has 190 valence electrons. The molecule has 0 fully saturated rings. The van der Waals surface area contributed by atoms with E-state index in [1.54, 1.807) is 28.8 Å². The van der Waals surface area contributed by atoms with Crippen molar-refractivity contribution in [1.29, 1.82) is 0 Å². The van der Waals surface area contributed by atoms with Crippen molar-refractivity contribution < 1.29 is 22.3 Å². The Labute approximate surface area is 221 Å². The number of benzene rings is 1. The molecular weight excluding hydrogens is 552 g/mol. The largest absolute Gasteiger partial charge is 0.481 e. The predicted molar refractivity (Wildman–Crippen MR) is 135 cm³/mol. The molecule has 0 bridgehead atoms. The zero-order chi connectivity index (χ0) is 25.6. The standard InChI is InChI=1S/C22H20Cl2FN5O4S2/c1-36(32,33)28-17-5-4-16(21(24)27-17)34-11-18(31)29-7-6-15-20(30-8-9-35-22(30)26-15)19(29)13-3-2-12(23)10-14(13)25/h2-5,10,19H,6-9,11H2,1H3,(H,27,28). The monoisotopic (exact) mass is 571 g/mol. The fourth-order valence-electron chi connectivity index (χ4n) is 4.34. The third-order valence-corrected chi connectivity index (χ3v) is 7.83. The summed E-state index contributed by atoms with van der Waals surface area (Å²) in [7, 11) is -3.53. The van der Waals surface area contributed by atoms with Crippen molar-refractivity contribution in [2.24, 2.45) is 0 Å². The van der Waals surface area contributed by atoms with Crippen LogP contribution in [0.5, 0.6) is 5.75 Å². The Morgan fingerprint density at radius 2 is 2.06 bits per heavy atom. The molecule has 1 unspecified atom stereocenters. The summed E-state index contributed by atoms with van der Waals surface area (Å²) in [6, 6.07) is 6.52. The van der Waals surface area contributed by atoms with Crippen LogP contribution in [0.3, 0.4) is 0 Å². The number of thioether (sulfide) groups is 1. The van der Waals surface area contributed by atoms with E-state index in [1.807, 2.05) is 4.57 Å². The van der Waals surface area contributed by atoms with Crippen LogP contribution in [0.1, 0.15) is 23.0 Å². The smallest absolute Gasteiger partial charge is 0.261 e. The Hall–Kier alpha value is -2.54. The molecule has 0 saturated carbocycles. The number of imidazole rings is 1. The first-order chi connectivity index (χ1) is 17.1. The molecule has 2 aliphatic rings. The fraction of sp³-hybridized carbons (Fsp3) is 0.318. The highest BCUT2D eigenvalue weighted by Gasteiger charge is 2.39. The summed E-state index contributed by atoms with van der Waals surface area (Å²) in [5.74, 6) is 0.100. The van der Waals surface area contributed by atoms with Crippen LogP contribution in [0, 0.1) is 5.82 Å². The lowest BCUT2D eigenvalue weighted by Crippen LogP contribution is -2.44. The molecule has 0 aliphatic carbocycles. The number of ether oxygens (including phenoxy) is 1. The van der Waals surface area contributed by atoms with E-state index in [9.17, 15) is 13.2 Å². The molecular formula is C22H20Cl2FN5O4S2. The molecule has 4 heterocycles. The summed E-state index contributed by atoms with van der Waals surface area (Å²) in [6.07, 6.45) is 1.52. The Morgan fingerprint density at radius 3 is 2.78 bits per heavy atom. The summed E-state index contributed by atoms with van der Waals surface area (Å²) in [6.45, 7) is 0.672. The zero-order valence-corrected chi connectivity index (χ0v) is 22.0. The minimum absolute atomic E-state index is 0.0236. The normalized spacial score (nSPS) is 17.0. The summed E-state index contributed by atoms with van der Waals surface area (Å²) in [5.41, 5.74) is 1.97. The maximum absolute atomic E-state index is 15.1. The van der Waals surface area contributed by atoms with E-state index < -0.39 is 21.9 Å². The molecule has 1 atom stereocenters. The van der Waals surface area contributed by atoms with Gasteiger partial charge in [-0.05, 0) is 24.3 Å². The molecule has 36 heavy (non-hydrogen) atoms. The first-order valence-corrected chi connectivity index (χ1v) is 14.5. The van der Waals surface area contributed by atoms with Crippen molar-refractivity contribution in [1.82, 2.24) is 19.4 Å². The molecule has 9 nitrogen and oxygen atoms in total. The molecule has 2 aromatic heterocycles. The predicted octanol–water partition coefficient (Wildman–Crippen LogP) is 3.75. The Kier molecular flexibility index (Phi) is 6.79. The van der Waals surface area contributed by atoms with E-state index in [4.69, 9.17) is 32.9 Å². The number of anilines is 1. The number of amides is 1. The van der Waals surface area contributed by atoms with Gasteiger partial charge in [0.05, 0.1) is 17.6 Å². The lowest BCUT2D eigenvalue weighted by atomic mass is 9.94. The quantitative estimate of drug-likeness (QED) is 0.449. The fourth-order valence-corrected chi connectivity index (χ4v) is 6.18. The molecule has 1 N–H and O–H groups in total. The van der Waals surface area contributed by atoms with Crippen molar-refractivity contribution >= 4 is 56.7 Å². The number of sulfonamides is 1. The number of carbonyl (C=O) groups excluding carboxylic acids is 1. The lowest BCUT2D eigenvalue weighted by molar-refractivity contribution is -0.135. The van der Waals surface area contributed by atoms with E-state index >= 15 is 4.39 Å². The van der Waals surface area contributed by atoms with Crippen LogP contribution in [0.4, 0.5) is 10.2 Å². The van der Waals surface area contributed by atoms with E-state index in [1.165, 1.54) is 18.2 Å². The number of nitrogens with zero attached hydrogens (tertiary/aromatic N) is 4. The molecule has 1 aromatic carbocycles. The summed E-state index contributed by atoms with van der Waals surface area (Å²) in [4.78, 5) is 23.6. The second kappa shape index (κ2) is 9.73. The summed E-state index contributed by atoms with van der Waals surface area (Å²) < 4.78 is 47.8. The van der Waals surface area contributed by atoms with E-state index in [2.05, 4.69) is 9.71 Å². The van der Waals surface area contributed by atoms with Gasteiger partial charge in [-0.25, -0.2) is 22.8 Å². The zero-order valence-electron chi connectivity index (χ0n) is 18.9. The van der Waals surface area contributed by atoms with Gasteiger partial charge in [0.25, 0.3) is 5.91 Å². The van der Waals surface area contributed by atoms with Crippen LogP contribution >= 0.6 is 35.0 Å². The van der Waals surface area contributed by atoms with Gasteiger partial charge < -0.3 is 14.2 Å². The lowest BCUT2D eigenvalue weighted by Gasteiger charge is -2.36. The minimum Gasteiger partial charge on any atom is -0.481 e. The van der Waals surface area contributed by atoms with Gasteiger partial charge in [0.2, 0.25) is 10.0 Å². The van der Waals surface area contributed by atoms with E-state index in [0.717, 1.165) is 35.1 Å². The Balaban J connectivity index is 1.42. The average molecular weight is 572 g/mol. The number of hydrogen-bond donors (Lipinski definition) is 1. The van der Waals surface area contributed by atoms with Crippen molar-refractivity contribution in [2.75, 3.05) is 29.9 Å². The highest BCUT2D eigenvalue weighted by molar-refractivity contribution is 7.99. The first-order valence-electron chi connectivity index (χ1n) is 10.8. The molecule has 14 heteroatoms. The number of fused-ring (bicyclic) bond motifs is 3. The topological polar surface area (TPSA) is 106 Å². The highest BCUT2D eigenvalue weighted by atomic mass is 35.5. The van der Waals surface area contributed by atoms with Crippen molar-refractivity contribution in [2.45, 2.75) is 24.2 Å². The van der Waals surface area contributed by atoms with Gasteiger partial charge in [0, 0.05) is 35.8 Å². The van der Waals surface area contributed by atoms with Gasteiger partial charge >= 0.3 is 0 Å². The summed E-state index contributed by atoms with van der Waals surface area (Å²) in [5, 5.41) is 1.02. The van der Waals surface area contributed by atoms with Crippen LogP contribution in [-0.4, -0.2) is 58.9 Å². The number of aromatic nitrogens is 3. The Morgan fingerprint density at radius 1 is 1.25 bits per heavy atom. The third-order valence-electron chi connectivity index (χ3n) is 5.79.